The average molecular weight is 742 g/mol. The van der Waals surface area contributed by atoms with Gasteiger partial charge in [0.05, 0.1) is 0 Å². The molecule has 29 heavy (non-hydrogen) atoms. The molecule has 0 radical (unpaired) electrons. The Morgan fingerprint density at radius 3 is 1.97 bits per heavy atom. The number of para-hydroxylation sites is 4. The average Bonchev–Trinajstić information content (AvgIpc) is 3.39. The molecule has 0 saturated heterocycles. The zero-order valence-electron chi connectivity index (χ0n) is 15.7. The van der Waals surface area contributed by atoms with Gasteiger partial charge in [-0.3, -0.25) is 4.68 Å². The maximum atomic E-state index is 4.07. The van der Waals surface area contributed by atoms with Gasteiger partial charge < -0.3 is 0 Å². The Labute approximate surface area is 199 Å². The van der Waals surface area contributed by atoms with Crippen molar-refractivity contribution in [1.29, 1.82) is 0 Å². The summed E-state index contributed by atoms with van der Waals surface area (Å²) in [6.45, 7) is 0. The molecule has 5 rings (SSSR count). The minimum absolute atomic E-state index is 0. The van der Waals surface area contributed by atoms with Gasteiger partial charge in [0.2, 0.25) is 0 Å². The van der Waals surface area contributed by atoms with Gasteiger partial charge in [0.15, 0.2) is 17.4 Å². The quantitative estimate of drug-likeness (QED) is 0.241. The fourth-order valence-corrected chi connectivity index (χ4v) is 2.93. The van der Waals surface area contributed by atoms with E-state index >= 15 is 0 Å². The van der Waals surface area contributed by atoms with Crippen molar-refractivity contribution in [3.05, 3.63) is 110 Å². The van der Waals surface area contributed by atoms with E-state index in [9.17, 15) is 0 Å². The van der Waals surface area contributed by atoms with Crippen molar-refractivity contribution >= 4 is 11.0 Å². The van der Waals surface area contributed by atoms with E-state index in [1.165, 1.54) is 11.0 Å². The Bertz CT molecular complexity index is 1120. The Balaban J connectivity index is 0.000000205. The van der Waals surface area contributed by atoms with Gasteiger partial charge >= 0.3 is 0 Å². The van der Waals surface area contributed by atoms with E-state index in [4.69, 9.17) is 0 Å². The minimum Gasteiger partial charge on any atom is -0.266 e. The van der Waals surface area contributed by atoms with Crippen LogP contribution in [0, 0.1) is 12.1 Å². The van der Waals surface area contributed by atoms with Crippen LogP contribution in [0.1, 0.15) is 0 Å². The van der Waals surface area contributed by atoms with E-state index in [0.29, 0.717) is 0 Å². The third-order valence-corrected chi connectivity index (χ3v) is 4.21. The van der Waals surface area contributed by atoms with E-state index in [1.807, 2.05) is 54.7 Å². The second-order valence-electron chi connectivity index (χ2n) is 6.03. The molecule has 0 atom stereocenters. The summed E-state index contributed by atoms with van der Waals surface area (Å²) in [5.41, 5.74) is 4.46. The number of hydrogen-bond acceptors (Lipinski definition) is 1. The molecular formula is C23H19N4Pt2-. The van der Waals surface area contributed by atoms with Gasteiger partial charge in [-0.15, -0.1) is 18.2 Å². The van der Waals surface area contributed by atoms with Crippen LogP contribution in [0.4, 0.5) is 0 Å². The summed E-state index contributed by atoms with van der Waals surface area (Å²) in [6, 6.07) is 32.3. The monoisotopic (exact) mass is 741 g/mol. The number of aryl methyl sites for hydroxylation is 1. The maximum absolute atomic E-state index is 4.07. The number of rotatable bonds is 2. The Hall–Kier alpha value is -2.28. The fourth-order valence-electron chi connectivity index (χ4n) is 2.93. The molecule has 5 aromatic rings. The number of aromatic nitrogens is 4. The topological polar surface area (TPSA) is 27.7 Å². The molecular weight excluding hydrogens is 722 g/mol. The van der Waals surface area contributed by atoms with Crippen LogP contribution in [0.25, 0.3) is 22.4 Å². The van der Waals surface area contributed by atoms with Crippen LogP contribution in [0.3, 0.4) is 0 Å². The third-order valence-electron chi connectivity index (χ3n) is 4.21. The molecule has 0 aliphatic heterocycles. The summed E-state index contributed by atoms with van der Waals surface area (Å²) in [6.07, 6.45) is 5.73. The molecule has 0 bridgehead atoms. The van der Waals surface area contributed by atoms with Crippen LogP contribution >= 0.6 is 0 Å². The van der Waals surface area contributed by atoms with Crippen molar-refractivity contribution in [3.8, 4) is 11.4 Å². The van der Waals surface area contributed by atoms with E-state index in [-0.39, 0.29) is 42.1 Å². The molecule has 0 aliphatic carbocycles. The van der Waals surface area contributed by atoms with Gasteiger partial charge in [-0.05, 0) is 23.9 Å². The summed E-state index contributed by atoms with van der Waals surface area (Å²) in [4.78, 5) is 0. The van der Waals surface area contributed by atoms with Gasteiger partial charge in [0.25, 0.3) is 0 Å². The first-order valence-corrected chi connectivity index (χ1v) is 8.72. The first-order chi connectivity index (χ1) is 13.3. The van der Waals surface area contributed by atoms with E-state index in [1.54, 1.807) is 10.9 Å². The van der Waals surface area contributed by atoms with Crippen molar-refractivity contribution in [2.24, 2.45) is 7.05 Å². The predicted octanol–water partition coefficient (Wildman–Crippen LogP) is 4.72. The largest absolute Gasteiger partial charge is 0.266 e. The molecule has 2 heterocycles. The second kappa shape index (κ2) is 11.0. The molecule has 0 saturated carbocycles. The number of fused-ring (bicyclic) bond motifs is 1. The summed E-state index contributed by atoms with van der Waals surface area (Å²) in [5, 5.41) is 4.07. The van der Waals surface area contributed by atoms with Crippen LogP contribution < -0.4 is 0 Å². The third kappa shape index (κ3) is 5.41. The summed E-state index contributed by atoms with van der Waals surface area (Å²) >= 11 is 0. The van der Waals surface area contributed by atoms with Crippen molar-refractivity contribution < 1.29 is 42.1 Å². The standard InChI is InChI=1S/C14H12N2.C9H7N2.2Pt/c1-15-11-16(12-7-3-2-4-8-12)14-10-6-5-9-13(14)15;1-2-5-9(6-3-1)11-8-4-7-10-11;;/h2-7,9-11H,1H3;1-5,7-8H;;/q;-1;;. The smallest absolute Gasteiger partial charge is 0.188 e. The van der Waals surface area contributed by atoms with Gasteiger partial charge in [0, 0.05) is 79.4 Å². The summed E-state index contributed by atoms with van der Waals surface area (Å²) < 4.78 is 6.05. The number of nitrogens with zero attached hydrogens (tertiary/aromatic N) is 4. The van der Waals surface area contributed by atoms with Crippen molar-refractivity contribution in [1.82, 2.24) is 18.9 Å². The van der Waals surface area contributed by atoms with Gasteiger partial charge in [0.1, 0.15) is 0 Å². The van der Waals surface area contributed by atoms with Crippen LogP contribution in [0.5, 0.6) is 0 Å². The number of imidazole rings is 1. The van der Waals surface area contributed by atoms with Crippen LogP contribution in [0.2, 0.25) is 0 Å². The second-order valence-corrected chi connectivity index (χ2v) is 6.03. The fraction of sp³-hybridized carbons (Fsp3) is 0.0435. The zero-order valence-corrected chi connectivity index (χ0v) is 20.2. The van der Waals surface area contributed by atoms with Crippen LogP contribution in [-0.2, 0) is 49.2 Å². The molecule has 0 N–H and O–H groups in total. The Morgan fingerprint density at radius 1 is 0.759 bits per heavy atom. The first-order valence-electron chi connectivity index (χ1n) is 8.72. The van der Waals surface area contributed by atoms with Crippen molar-refractivity contribution in [2.75, 3.05) is 0 Å². The van der Waals surface area contributed by atoms with Crippen LogP contribution in [0.15, 0.2) is 97.6 Å². The van der Waals surface area contributed by atoms with E-state index in [2.05, 4.69) is 70.1 Å². The predicted molar refractivity (Wildman–Crippen MR) is 108 cm³/mol. The molecule has 0 aliphatic rings. The zero-order chi connectivity index (χ0) is 18.5. The van der Waals surface area contributed by atoms with Gasteiger partial charge in [-0.25, -0.2) is 9.13 Å². The first kappa shape index (κ1) is 23.0. The van der Waals surface area contributed by atoms with Crippen LogP contribution in [-0.4, -0.2) is 18.9 Å². The van der Waals surface area contributed by atoms with E-state index < -0.39 is 0 Å². The summed E-state index contributed by atoms with van der Waals surface area (Å²) in [5.74, 6) is 0. The molecule has 152 valence electrons. The minimum atomic E-state index is 0. The van der Waals surface area contributed by atoms with E-state index in [0.717, 1.165) is 11.4 Å². The number of hydrogen-bond donors (Lipinski definition) is 0. The van der Waals surface area contributed by atoms with Gasteiger partial charge in [-0.2, -0.15) is 47.6 Å². The Kier molecular flexibility index (Phi) is 8.76. The molecule has 3 aromatic carbocycles. The SMILES string of the molecule is Cn1[cH+]n(-c2[c-]cccc2)c2ccccc21.[Pt].[Pt].[c-]1ccccc1-n1cccn1. The molecule has 2 aromatic heterocycles. The van der Waals surface area contributed by atoms with Crippen molar-refractivity contribution in [2.45, 2.75) is 0 Å². The summed E-state index contributed by atoms with van der Waals surface area (Å²) in [7, 11) is 2.06. The molecule has 0 fully saturated rings. The van der Waals surface area contributed by atoms with Crippen molar-refractivity contribution in [3.63, 3.8) is 0 Å². The molecule has 6 heteroatoms. The Morgan fingerprint density at radius 2 is 1.38 bits per heavy atom. The number of benzene rings is 3. The maximum Gasteiger partial charge on any atom is 0.188 e. The molecule has 0 spiro atoms. The van der Waals surface area contributed by atoms with Gasteiger partial charge in [-0.1, -0.05) is 0 Å². The molecule has 0 unspecified atom stereocenters. The normalized spacial score (nSPS) is 9.69. The molecule has 0 amide bonds. The molecule has 4 nitrogen and oxygen atoms in total.